The molecule has 33 heavy (non-hydrogen) atoms. The zero-order valence-corrected chi connectivity index (χ0v) is 18.9. The van der Waals surface area contributed by atoms with E-state index in [0.29, 0.717) is 24.5 Å². The lowest BCUT2D eigenvalue weighted by Gasteiger charge is -2.18. The van der Waals surface area contributed by atoms with E-state index >= 15 is 0 Å². The first-order valence-electron chi connectivity index (χ1n) is 11.3. The fraction of sp³-hybridized carbons (Fsp3) is 0.259. The van der Waals surface area contributed by atoms with Crippen molar-refractivity contribution in [3.63, 3.8) is 0 Å². The molecule has 0 aliphatic carbocycles. The molecular weight excluding hydrogens is 414 g/mol. The van der Waals surface area contributed by atoms with E-state index in [0.717, 1.165) is 12.8 Å². The van der Waals surface area contributed by atoms with Gasteiger partial charge in [-0.1, -0.05) is 73.7 Å². The highest BCUT2D eigenvalue weighted by atomic mass is 16.5. The first kappa shape index (κ1) is 23.9. The van der Waals surface area contributed by atoms with E-state index in [9.17, 15) is 9.59 Å². The smallest absolute Gasteiger partial charge is 0.319 e. The number of urea groups is 1. The molecule has 6 heteroatoms. The summed E-state index contributed by atoms with van der Waals surface area (Å²) in [6.45, 7) is 3.05. The Labute approximate surface area is 195 Å². The van der Waals surface area contributed by atoms with Gasteiger partial charge in [0.25, 0.3) is 5.91 Å². The van der Waals surface area contributed by atoms with Crippen molar-refractivity contribution >= 4 is 17.6 Å². The monoisotopic (exact) mass is 445 g/mol. The van der Waals surface area contributed by atoms with Gasteiger partial charge in [-0.25, -0.2) is 4.79 Å². The summed E-state index contributed by atoms with van der Waals surface area (Å²) < 4.78 is 5.61. The van der Waals surface area contributed by atoms with Crippen LogP contribution in [0, 0.1) is 0 Å². The van der Waals surface area contributed by atoms with Gasteiger partial charge in [-0.15, -0.1) is 0 Å². The zero-order chi connectivity index (χ0) is 23.3. The Morgan fingerprint density at radius 3 is 2.12 bits per heavy atom. The van der Waals surface area contributed by atoms with Crippen molar-refractivity contribution in [2.45, 2.75) is 25.7 Å². The number of anilines is 1. The van der Waals surface area contributed by atoms with Gasteiger partial charge in [0.05, 0.1) is 0 Å². The van der Waals surface area contributed by atoms with E-state index in [4.69, 9.17) is 4.74 Å². The lowest BCUT2D eigenvalue weighted by Crippen LogP contribution is -2.30. The Morgan fingerprint density at radius 2 is 1.48 bits per heavy atom. The summed E-state index contributed by atoms with van der Waals surface area (Å²) >= 11 is 0. The van der Waals surface area contributed by atoms with Gasteiger partial charge in [-0.05, 0) is 36.1 Å². The highest BCUT2D eigenvalue weighted by Crippen LogP contribution is 2.27. The van der Waals surface area contributed by atoms with Crippen LogP contribution in [0.4, 0.5) is 10.5 Å². The number of hydrogen-bond donors (Lipinski definition) is 3. The molecule has 0 fully saturated rings. The van der Waals surface area contributed by atoms with Crippen LogP contribution in [0.1, 0.15) is 36.8 Å². The number of carbonyl (C=O) groups is 2. The van der Waals surface area contributed by atoms with Crippen LogP contribution in [0.2, 0.25) is 0 Å². The van der Waals surface area contributed by atoms with Gasteiger partial charge in [0.1, 0.15) is 5.75 Å². The number of carbonyl (C=O) groups excluding carboxylic acids is 2. The summed E-state index contributed by atoms with van der Waals surface area (Å²) in [4.78, 5) is 24.1. The Morgan fingerprint density at radius 1 is 0.818 bits per heavy atom. The quantitative estimate of drug-likeness (QED) is 0.391. The van der Waals surface area contributed by atoms with Crippen LogP contribution in [0.15, 0.2) is 84.9 Å². The van der Waals surface area contributed by atoms with E-state index in [1.165, 1.54) is 11.1 Å². The van der Waals surface area contributed by atoms with E-state index in [1.54, 1.807) is 24.3 Å². The molecule has 0 bridgehead atoms. The van der Waals surface area contributed by atoms with Crippen molar-refractivity contribution in [1.29, 1.82) is 0 Å². The predicted octanol–water partition coefficient (Wildman–Crippen LogP) is 4.94. The molecule has 0 heterocycles. The molecule has 172 valence electrons. The van der Waals surface area contributed by atoms with Crippen LogP contribution >= 0.6 is 0 Å². The number of nitrogens with one attached hydrogen (secondary N) is 3. The fourth-order valence-electron chi connectivity index (χ4n) is 3.53. The molecule has 3 aromatic carbocycles. The standard InChI is InChI=1S/C27H31N3O3/c1-2-17-29-27(32)30-23-14-9-15-24(19-23)33-20-26(31)28-18-16-25(21-10-5-3-6-11-21)22-12-7-4-8-13-22/h3-15,19,25H,2,16-18,20H2,1H3,(H,28,31)(H2,29,30,32). The van der Waals surface area contributed by atoms with E-state index in [1.807, 2.05) is 43.3 Å². The Kier molecular flexibility index (Phi) is 9.33. The zero-order valence-electron chi connectivity index (χ0n) is 18.9. The molecule has 0 aliphatic rings. The van der Waals surface area contributed by atoms with Crippen molar-refractivity contribution in [3.05, 3.63) is 96.1 Å². The maximum atomic E-state index is 12.3. The molecule has 0 saturated heterocycles. The normalized spacial score (nSPS) is 10.5. The van der Waals surface area contributed by atoms with Crippen molar-refractivity contribution in [2.24, 2.45) is 0 Å². The SMILES string of the molecule is CCCNC(=O)Nc1cccc(OCC(=O)NCCC(c2ccccc2)c2ccccc2)c1. The van der Waals surface area contributed by atoms with Gasteiger partial charge in [-0.2, -0.15) is 0 Å². The van der Waals surface area contributed by atoms with Crippen LogP contribution in [0.25, 0.3) is 0 Å². The summed E-state index contributed by atoms with van der Waals surface area (Å²) in [6.07, 6.45) is 1.65. The van der Waals surface area contributed by atoms with Crippen LogP contribution in [0.5, 0.6) is 5.75 Å². The molecule has 6 nitrogen and oxygen atoms in total. The molecule has 3 amide bonds. The summed E-state index contributed by atoms with van der Waals surface area (Å²) in [5, 5.41) is 8.45. The molecular formula is C27H31N3O3. The first-order valence-corrected chi connectivity index (χ1v) is 11.3. The van der Waals surface area contributed by atoms with Gasteiger partial charge in [-0.3, -0.25) is 4.79 Å². The molecule has 0 aliphatic heterocycles. The number of benzene rings is 3. The second-order valence-corrected chi connectivity index (χ2v) is 7.71. The van der Waals surface area contributed by atoms with Crippen molar-refractivity contribution in [2.75, 3.05) is 25.0 Å². The third-order valence-electron chi connectivity index (χ3n) is 5.16. The molecule has 3 rings (SSSR count). The number of rotatable bonds is 11. The molecule has 0 aromatic heterocycles. The molecule has 3 N–H and O–H groups in total. The van der Waals surface area contributed by atoms with Gasteiger partial charge in [0.2, 0.25) is 0 Å². The summed E-state index contributed by atoms with van der Waals surface area (Å²) in [6, 6.07) is 27.3. The van der Waals surface area contributed by atoms with E-state index in [2.05, 4.69) is 40.2 Å². The van der Waals surface area contributed by atoms with Crippen molar-refractivity contribution in [1.82, 2.24) is 10.6 Å². The van der Waals surface area contributed by atoms with Gasteiger partial charge in [0, 0.05) is 30.8 Å². The lowest BCUT2D eigenvalue weighted by molar-refractivity contribution is -0.123. The van der Waals surface area contributed by atoms with Crippen molar-refractivity contribution < 1.29 is 14.3 Å². The molecule has 0 saturated carbocycles. The Bertz CT molecular complexity index is 970. The maximum absolute atomic E-state index is 12.3. The van der Waals surface area contributed by atoms with Gasteiger partial charge < -0.3 is 20.7 Å². The van der Waals surface area contributed by atoms with Crippen molar-refractivity contribution in [3.8, 4) is 5.75 Å². The lowest BCUT2D eigenvalue weighted by atomic mass is 9.88. The third kappa shape index (κ3) is 8.00. The van der Waals surface area contributed by atoms with Gasteiger partial charge >= 0.3 is 6.03 Å². The Balaban J connectivity index is 1.48. The average molecular weight is 446 g/mol. The highest BCUT2D eigenvalue weighted by Gasteiger charge is 2.14. The summed E-state index contributed by atoms with van der Waals surface area (Å²) in [7, 11) is 0. The molecule has 3 aromatic rings. The predicted molar refractivity (Wildman–Crippen MR) is 132 cm³/mol. The minimum Gasteiger partial charge on any atom is -0.484 e. The fourth-order valence-corrected chi connectivity index (χ4v) is 3.53. The third-order valence-corrected chi connectivity index (χ3v) is 5.16. The molecule has 0 unspecified atom stereocenters. The molecule has 0 radical (unpaired) electrons. The minimum absolute atomic E-state index is 0.0905. The van der Waals surface area contributed by atoms with E-state index < -0.39 is 0 Å². The second kappa shape index (κ2) is 12.9. The largest absolute Gasteiger partial charge is 0.484 e. The van der Waals surface area contributed by atoms with Crippen LogP contribution in [0.3, 0.4) is 0 Å². The van der Waals surface area contributed by atoms with Gasteiger partial charge in [0.15, 0.2) is 6.61 Å². The first-order chi connectivity index (χ1) is 16.2. The number of ether oxygens (including phenoxy) is 1. The van der Waals surface area contributed by atoms with Crippen LogP contribution in [-0.2, 0) is 4.79 Å². The second-order valence-electron chi connectivity index (χ2n) is 7.71. The number of amides is 3. The molecule has 0 spiro atoms. The summed E-state index contributed by atoms with van der Waals surface area (Å²) in [5.74, 6) is 0.536. The Hall–Kier alpha value is -3.80. The van der Waals surface area contributed by atoms with Crippen LogP contribution < -0.4 is 20.7 Å². The van der Waals surface area contributed by atoms with E-state index in [-0.39, 0.29) is 24.5 Å². The minimum atomic E-state index is -0.266. The maximum Gasteiger partial charge on any atom is 0.319 e. The van der Waals surface area contributed by atoms with Crippen LogP contribution in [-0.4, -0.2) is 31.6 Å². The summed E-state index contributed by atoms with van der Waals surface area (Å²) in [5.41, 5.74) is 3.05. The highest BCUT2D eigenvalue weighted by molar-refractivity contribution is 5.89. The topological polar surface area (TPSA) is 79.5 Å². The molecule has 0 atom stereocenters. The number of hydrogen-bond acceptors (Lipinski definition) is 3. The average Bonchev–Trinajstić information content (AvgIpc) is 2.85.